The zero-order chi connectivity index (χ0) is 33.5. The van der Waals surface area contributed by atoms with Crippen LogP contribution in [-0.2, 0) is 19.1 Å². The van der Waals surface area contributed by atoms with Crippen molar-refractivity contribution >= 4 is 40.6 Å². The highest BCUT2D eigenvalue weighted by Crippen LogP contribution is 2.28. The number of aliphatic hydroxyl groups is 1. The van der Waals surface area contributed by atoms with Crippen molar-refractivity contribution in [3.05, 3.63) is 35.5 Å². The molecule has 0 unspecified atom stereocenters. The van der Waals surface area contributed by atoms with E-state index >= 15 is 0 Å². The van der Waals surface area contributed by atoms with Gasteiger partial charge in [-0.05, 0) is 50.3 Å². The number of unbranched alkanes of at least 4 members (excludes halogenated alkanes) is 1. The van der Waals surface area contributed by atoms with E-state index < -0.39 is 30.6 Å². The third kappa shape index (κ3) is 8.47. The average Bonchev–Trinajstić information content (AvgIpc) is 3.45. The van der Waals surface area contributed by atoms with Crippen molar-refractivity contribution in [2.75, 3.05) is 52.5 Å². The van der Waals surface area contributed by atoms with E-state index in [0.717, 1.165) is 37.7 Å². The molecule has 1 saturated carbocycles. The number of nitrogens with one attached hydrogen (secondary N) is 2. The summed E-state index contributed by atoms with van der Waals surface area (Å²) in [5.41, 5.74) is 1.38. The predicted octanol–water partition coefficient (Wildman–Crippen LogP) is 1.36. The van der Waals surface area contributed by atoms with E-state index in [1.54, 1.807) is 21.9 Å². The fourth-order valence-corrected chi connectivity index (χ4v) is 5.84. The van der Waals surface area contributed by atoms with Crippen molar-refractivity contribution in [1.29, 1.82) is 0 Å². The second kappa shape index (κ2) is 15.4. The summed E-state index contributed by atoms with van der Waals surface area (Å²) in [5, 5.41) is 16.4. The molecule has 2 aliphatic heterocycles. The van der Waals surface area contributed by atoms with Crippen LogP contribution >= 0.6 is 0 Å². The number of aliphatic hydroxyl groups excluding tert-OH is 1. The Labute approximate surface area is 273 Å². The summed E-state index contributed by atoms with van der Waals surface area (Å²) in [6.45, 7) is 4.97. The summed E-state index contributed by atoms with van der Waals surface area (Å²) in [7, 11) is 0. The molecule has 3 N–H and O–H groups in total. The molecule has 2 saturated heterocycles. The summed E-state index contributed by atoms with van der Waals surface area (Å²) in [6.07, 6.45) is 3.56. The summed E-state index contributed by atoms with van der Waals surface area (Å²) >= 11 is 0. The third-order valence-corrected chi connectivity index (χ3v) is 8.88. The molecule has 0 spiro atoms. The SMILES string of the molecule is CCCCOC(=O)N1CCN(C(=O)CNC(=O)c2cc(OCC(=O)N3C[C@H](O)C[C@H]3C(=O)NC3CCC3)c3ccc(C)cc3n2)CC1. The number of pyridine rings is 1. The predicted molar refractivity (Wildman–Crippen MR) is 171 cm³/mol. The second-order valence-corrected chi connectivity index (χ2v) is 12.4. The summed E-state index contributed by atoms with van der Waals surface area (Å²) < 4.78 is 11.2. The van der Waals surface area contributed by atoms with E-state index in [-0.39, 0.29) is 54.9 Å². The maximum Gasteiger partial charge on any atom is 0.409 e. The first-order valence-electron chi connectivity index (χ1n) is 16.4. The number of ether oxygens (including phenoxy) is 2. The number of hydrogen-bond donors (Lipinski definition) is 3. The van der Waals surface area contributed by atoms with E-state index in [1.807, 2.05) is 19.9 Å². The lowest BCUT2D eigenvalue weighted by Gasteiger charge is -2.34. The van der Waals surface area contributed by atoms with E-state index in [9.17, 15) is 29.1 Å². The number of hydrogen-bond acceptors (Lipinski definition) is 9. The first kappa shape index (κ1) is 33.9. The number of nitrogens with zero attached hydrogens (tertiary/aromatic N) is 4. The molecule has 3 fully saturated rings. The number of benzene rings is 1. The number of β-amino-alcohol motifs (C(OH)–C–C–N with tert-alkyl or cyclic N) is 1. The van der Waals surface area contributed by atoms with Crippen LogP contribution in [0.1, 0.15) is 61.5 Å². The van der Waals surface area contributed by atoms with E-state index in [2.05, 4.69) is 15.6 Å². The average molecular weight is 653 g/mol. The van der Waals surface area contributed by atoms with Gasteiger partial charge in [0.05, 0.1) is 24.8 Å². The summed E-state index contributed by atoms with van der Waals surface area (Å²) in [5.74, 6) is -1.37. The zero-order valence-corrected chi connectivity index (χ0v) is 27.0. The van der Waals surface area contributed by atoms with E-state index in [1.165, 1.54) is 11.0 Å². The lowest BCUT2D eigenvalue weighted by molar-refractivity contribution is -0.140. The van der Waals surface area contributed by atoms with Crippen molar-refractivity contribution in [3.63, 3.8) is 0 Å². The van der Waals surface area contributed by atoms with Crippen LogP contribution in [0.4, 0.5) is 4.79 Å². The normalized spacial score (nSPS) is 19.7. The topological polar surface area (TPSA) is 171 Å². The summed E-state index contributed by atoms with van der Waals surface area (Å²) in [4.78, 5) is 73.3. The lowest BCUT2D eigenvalue weighted by atomic mass is 9.93. The van der Waals surface area contributed by atoms with Crippen molar-refractivity contribution in [2.24, 2.45) is 0 Å². The van der Waals surface area contributed by atoms with Gasteiger partial charge in [-0.1, -0.05) is 19.4 Å². The minimum absolute atomic E-state index is 0.00680. The Hall–Kier alpha value is -4.46. The fraction of sp³-hybridized carbons (Fsp3) is 0.576. The minimum atomic E-state index is -0.810. The molecule has 14 nitrogen and oxygen atoms in total. The van der Waals surface area contributed by atoms with Crippen molar-refractivity contribution in [1.82, 2.24) is 30.3 Å². The number of likely N-dealkylation sites (tertiary alicyclic amines) is 1. The molecule has 2 atom stereocenters. The molecule has 3 aliphatic rings. The smallest absolute Gasteiger partial charge is 0.409 e. The van der Waals surface area contributed by atoms with Crippen LogP contribution in [0, 0.1) is 6.92 Å². The van der Waals surface area contributed by atoms with Gasteiger partial charge in [-0.15, -0.1) is 0 Å². The molecule has 3 heterocycles. The first-order chi connectivity index (χ1) is 22.6. The first-order valence-corrected chi connectivity index (χ1v) is 16.4. The van der Waals surface area contributed by atoms with Crippen LogP contribution in [0.15, 0.2) is 24.3 Å². The summed E-state index contributed by atoms with van der Waals surface area (Å²) in [6, 6.07) is 6.19. The molecule has 0 radical (unpaired) electrons. The van der Waals surface area contributed by atoms with Crippen LogP contribution in [0.2, 0.25) is 0 Å². The highest BCUT2D eigenvalue weighted by Gasteiger charge is 2.40. The number of rotatable bonds is 11. The van der Waals surface area contributed by atoms with Crippen molar-refractivity contribution in [3.8, 4) is 5.75 Å². The molecule has 1 aromatic carbocycles. The van der Waals surface area contributed by atoms with Crippen LogP contribution < -0.4 is 15.4 Å². The molecular weight excluding hydrogens is 608 g/mol. The number of aryl methyl sites for hydroxylation is 1. The molecule has 1 aromatic heterocycles. The fourth-order valence-electron chi connectivity index (χ4n) is 5.84. The molecule has 0 bridgehead atoms. The van der Waals surface area contributed by atoms with Crippen molar-refractivity contribution < 1.29 is 38.6 Å². The Balaban J connectivity index is 1.19. The van der Waals surface area contributed by atoms with Gasteiger partial charge in [0, 0.05) is 56.6 Å². The highest BCUT2D eigenvalue weighted by molar-refractivity contribution is 5.99. The van der Waals surface area contributed by atoms with Gasteiger partial charge in [0.15, 0.2) is 6.61 Å². The maximum atomic E-state index is 13.2. The van der Waals surface area contributed by atoms with Gasteiger partial charge in [-0.2, -0.15) is 0 Å². The zero-order valence-electron chi connectivity index (χ0n) is 27.0. The number of amides is 5. The Morgan fingerprint density at radius 3 is 2.47 bits per heavy atom. The minimum Gasteiger partial charge on any atom is -0.483 e. The quantitative estimate of drug-likeness (QED) is 0.303. The number of carbonyl (C=O) groups excluding carboxylic acids is 5. The monoisotopic (exact) mass is 652 g/mol. The number of piperazine rings is 1. The van der Waals surface area contributed by atoms with Crippen LogP contribution in [0.3, 0.4) is 0 Å². The standard InChI is InChI=1S/C33H44N6O8/c1-3-4-14-46-33(45)38-12-10-37(11-13-38)29(41)18-34-31(43)26-17-28(24-9-8-21(2)15-25(24)36-26)47-20-30(42)39-19-23(40)16-27(39)32(44)35-22-6-5-7-22/h8-9,15,17,22-23,27,40H,3-7,10-14,16,18-20H2,1-2H3,(H,34,43)(H,35,44)/t23-,27+/m1/s1. The Kier molecular flexibility index (Phi) is 11.1. The van der Waals surface area contributed by atoms with Crippen LogP contribution in [0.25, 0.3) is 10.9 Å². The Morgan fingerprint density at radius 1 is 1.02 bits per heavy atom. The van der Waals surface area contributed by atoms with Crippen LogP contribution in [-0.4, -0.2) is 125 Å². The molecule has 47 heavy (non-hydrogen) atoms. The molecule has 5 rings (SSSR count). The maximum absolute atomic E-state index is 13.2. The molecule has 2 aromatic rings. The molecule has 14 heteroatoms. The van der Waals surface area contributed by atoms with Gasteiger partial charge in [-0.25, -0.2) is 9.78 Å². The molecular formula is C33H44N6O8. The van der Waals surface area contributed by atoms with E-state index in [0.29, 0.717) is 43.7 Å². The molecule has 1 aliphatic carbocycles. The highest BCUT2D eigenvalue weighted by atomic mass is 16.6. The lowest BCUT2D eigenvalue weighted by Crippen LogP contribution is -2.52. The van der Waals surface area contributed by atoms with Gasteiger partial charge in [0.1, 0.15) is 17.5 Å². The van der Waals surface area contributed by atoms with Crippen LogP contribution in [0.5, 0.6) is 5.75 Å². The van der Waals surface area contributed by atoms with Gasteiger partial charge < -0.3 is 39.9 Å². The second-order valence-electron chi connectivity index (χ2n) is 12.4. The number of aromatic nitrogens is 1. The number of carbonyl (C=O) groups is 5. The van der Waals surface area contributed by atoms with Gasteiger partial charge in [0.2, 0.25) is 11.8 Å². The molecule has 254 valence electrons. The largest absolute Gasteiger partial charge is 0.483 e. The van der Waals surface area contributed by atoms with Gasteiger partial charge in [-0.3, -0.25) is 19.2 Å². The van der Waals surface area contributed by atoms with Crippen molar-refractivity contribution in [2.45, 2.75) is 70.6 Å². The Morgan fingerprint density at radius 2 is 1.77 bits per heavy atom. The van der Waals surface area contributed by atoms with Gasteiger partial charge in [0.25, 0.3) is 11.8 Å². The van der Waals surface area contributed by atoms with Gasteiger partial charge >= 0.3 is 6.09 Å². The Bertz CT molecular complexity index is 1490. The molecule has 5 amide bonds. The third-order valence-electron chi connectivity index (χ3n) is 8.88. The van der Waals surface area contributed by atoms with E-state index in [4.69, 9.17) is 9.47 Å². The number of fused-ring (bicyclic) bond motifs is 1.